The average Bonchev–Trinajstić information content (AvgIpc) is 3.32. The van der Waals surface area contributed by atoms with E-state index in [0.717, 1.165) is 18.4 Å². The number of nitrogens with zero attached hydrogens (tertiary/aromatic N) is 3. The number of halogens is 1. The molecule has 0 radical (unpaired) electrons. The lowest BCUT2D eigenvalue weighted by molar-refractivity contribution is -0.121. The lowest BCUT2D eigenvalue weighted by atomic mass is 9.90. The Kier molecular flexibility index (Phi) is 6.42. The van der Waals surface area contributed by atoms with Crippen molar-refractivity contribution >= 4 is 33.5 Å². The number of aromatic nitrogens is 2. The van der Waals surface area contributed by atoms with E-state index in [9.17, 15) is 13.2 Å². The minimum Gasteiger partial charge on any atom is -0.403 e. The number of carbonyl (C=O) groups is 1. The number of amides is 1. The molecule has 2 aliphatic rings. The molecule has 1 aromatic heterocycles. The van der Waals surface area contributed by atoms with E-state index in [1.165, 1.54) is 40.4 Å². The summed E-state index contributed by atoms with van der Waals surface area (Å²) in [6.45, 7) is 0.514. The molecular formula is C24H25ClN4O4S. The van der Waals surface area contributed by atoms with Gasteiger partial charge in [0.05, 0.1) is 4.90 Å². The third-order valence-corrected chi connectivity index (χ3v) is 8.69. The monoisotopic (exact) mass is 500 g/mol. The van der Waals surface area contributed by atoms with Gasteiger partial charge in [-0.1, -0.05) is 22.8 Å². The number of benzene rings is 2. The molecule has 1 saturated heterocycles. The summed E-state index contributed by atoms with van der Waals surface area (Å²) in [6, 6.07) is 12.3. The molecule has 0 unspecified atom stereocenters. The van der Waals surface area contributed by atoms with Gasteiger partial charge < -0.3 is 4.42 Å². The van der Waals surface area contributed by atoms with Gasteiger partial charge in [-0.05, 0) is 86.1 Å². The second-order valence-electron chi connectivity index (χ2n) is 8.72. The molecule has 0 bridgehead atoms. The van der Waals surface area contributed by atoms with Crippen LogP contribution in [-0.4, -0.2) is 41.9 Å². The van der Waals surface area contributed by atoms with Crippen molar-refractivity contribution in [2.45, 2.75) is 43.4 Å². The number of anilines is 1. The van der Waals surface area contributed by atoms with Crippen LogP contribution in [-0.2, 0) is 27.7 Å². The molecule has 34 heavy (non-hydrogen) atoms. The number of sulfonamides is 1. The third kappa shape index (κ3) is 4.73. The zero-order valence-corrected chi connectivity index (χ0v) is 20.1. The van der Waals surface area contributed by atoms with E-state index in [4.69, 9.17) is 16.0 Å². The van der Waals surface area contributed by atoms with Crippen LogP contribution in [0.25, 0.3) is 11.5 Å². The maximum Gasteiger partial charge on any atom is 0.322 e. The summed E-state index contributed by atoms with van der Waals surface area (Å²) < 4.78 is 32.8. The van der Waals surface area contributed by atoms with Crippen molar-refractivity contribution < 1.29 is 17.6 Å². The van der Waals surface area contributed by atoms with Gasteiger partial charge in [0.1, 0.15) is 0 Å². The van der Waals surface area contributed by atoms with Crippen LogP contribution >= 0.6 is 11.6 Å². The molecule has 8 nitrogen and oxygen atoms in total. The molecule has 2 aromatic carbocycles. The maximum atomic E-state index is 12.8. The Morgan fingerprint density at radius 3 is 2.44 bits per heavy atom. The number of nitrogens with one attached hydrogen (secondary N) is 1. The van der Waals surface area contributed by atoms with Gasteiger partial charge in [0.25, 0.3) is 0 Å². The number of hydrogen-bond donors (Lipinski definition) is 1. The number of piperidine rings is 1. The predicted octanol–water partition coefficient (Wildman–Crippen LogP) is 4.31. The van der Waals surface area contributed by atoms with E-state index in [1.54, 1.807) is 12.1 Å². The van der Waals surface area contributed by atoms with Crippen LogP contribution in [0.5, 0.6) is 0 Å². The van der Waals surface area contributed by atoms with Gasteiger partial charge >= 0.3 is 6.01 Å². The summed E-state index contributed by atoms with van der Waals surface area (Å²) in [6.07, 6.45) is 5.36. The highest BCUT2D eigenvalue weighted by atomic mass is 35.5. The molecule has 0 atom stereocenters. The van der Waals surface area contributed by atoms with E-state index in [2.05, 4.69) is 27.6 Å². The summed E-state index contributed by atoms with van der Waals surface area (Å²) >= 11 is 5.86. The zero-order chi connectivity index (χ0) is 23.7. The van der Waals surface area contributed by atoms with Crippen LogP contribution in [0.4, 0.5) is 6.01 Å². The summed E-state index contributed by atoms with van der Waals surface area (Å²) in [5.74, 6) is -0.215. The average molecular weight is 501 g/mol. The molecule has 1 fully saturated rings. The second-order valence-corrected chi connectivity index (χ2v) is 11.1. The van der Waals surface area contributed by atoms with Crippen LogP contribution < -0.4 is 5.32 Å². The van der Waals surface area contributed by atoms with Crippen molar-refractivity contribution in [3.05, 3.63) is 58.6 Å². The highest BCUT2D eigenvalue weighted by molar-refractivity contribution is 7.89. The van der Waals surface area contributed by atoms with E-state index >= 15 is 0 Å². The SMILES string of the molecule is O=C(Nc1nnc(-c2ccc3c(c2)CCCC3)o1)C1CCN(S(=O)(=O)c2ccc(Cl)cc2)CC1. The lowest BCUT2D eigenvalue weighted by Gasteiger charge is -2.30. The normalized spacial score (nSPS) is 17.3. The number of hydrogen-bond acceptors (Lipinski definition) is 6. The topological polar surface area (TPSA) is 105 Å². The summed E-state index contributed by atoms with van der Waals surface area (Å²) in [5.41, 5.74) is 3.52. The minimum atomic E-state index is -3.62. The Bertz CT molecular complexity index is 1300. The molecule has 10 heteroatoms. The molecule has 0 saturated carbocycles. The van der Waals surface area contributed by atoms with Crippen LogP contribution in [0, 0.1) is 5.92 Å². The zero-order valence-electron chi connectivity index (χ0n) is 18.5. The van der Waals surface area contributed by atoms with E-state index in [0.29, 0.717) is 23.8 Å². The first-order valence-corrected chi connectivity index (χ1v) is 13.2. The van der Waals surface area contributed by atoms with Crippen LogP contribution in [0.3, 0.4) is 0 Å². The van der Waals surface area contributed by atoms with Gasteiger partial charge in [-0.2, -0.15) is 4.31 Å². The Balaban J connectivity index is 1.19. The molecule has 0 spiro atoms. The van der Waals surface area contributed by atoms with Crippen LogP contribution in [0.2, 0.25) is 5.02 Å². The van der Waals surface area contributed by atoms with Gasteiger partial charge in [0, 0.05) is 29.6 Å². The molecule has 1 amide bonds. The van der Waals surface area contributed by atoms with Gasteiger partial charge in [-0.3, -0.25) is 10.1 Å². The minimum absolute atomic E-state index is 0.0499. The number of fused-ring (bicyclic) bond motifs is 1. The van der Waals surface area contributed by atoms with E-state index in [1.807, 2.05) is 6.07 Å². The summed E-state index contributed by atoms with van der Waals surface area (Å²) in [7, 11) is -3.62. The molecule has 3 aromatic rings. The number of rotatable bonds is 5. The van der Waals surface area contributed by atoms with Crippen molar-refractivity contribution in [1.82, 2.24) is 14.5 Å². The molecule has 1 aliphatic carbocycles. The first kappa shape index (κ1) is 23.0. The van der Waals surface area contributed by atoms with Gasteiger partial charge in [0.15, 0.2) is 0 Å². The van der Waals surface area contributed by atoms with Gasteiger partial charge in [0.2, 0.25) is 21.8 Å². The Morgan fingerprint density at radius 1 is 1.00 bits per heavy atom. The smallest absolute Gasteiger partial charge is 0.322 e. The molecule has 1 aliphatic heterocycles. The van der Waals surface area contributed by atoms with Crippen molar-refractivity contribution in [2.24, 2.45) is 5.92 Å². The van der Waals surface area contributed by atoms with Gasteiger partial charge in [-0.25, -0.2) is 8.42 Å². The first-order chi connectivity index (χ1) is 16.4. The number of carbonyl (C=O) groups excluding carboxylic acids is 1. The molecule has 5 rings (SSSR count). The fraction of sp³-hybridized carbons (Fsp3) is 0.375. The quantitative estimate of drug-likeness (QED) is 0.559. The largest absolute Gasteiger partial charge is 0.403 e. The maximum absolute atomic E-state index is 12.8. The molecule has 178 valence electrons. The first-order valence-electron chi connectivity index (χ1n) is 11.4. The Morgan fingerprint density at radius 2 is 1.71 bits per heavy atom. The fourth-order valence-electron chi connectivity index (χ4n) is 4.58. The molecule has 2 heterocycles. The van der Waals surface area contributed by atoms with E-state index < -0.39 is 10.0 Å². The second kappa shape index (κ2) is 9.48. The molecule has 1 N–H and O–H groups in total. The standard InChI is InChI=1S/C24H25ClN4O4S/c25-20-7-9-21(10-8-20)34(31,32)29-13-11-17(12-14-29)22(30)26-24-28-27-23(33-24)19-6-5-16-3-1-2-4-18(16)15-19/h5-10,15,17H,1-4,11-14H2,(H,26,28,30). The van der Waals surface area contributed by atoms with Crippen molar-refractivity contribution in [3.63, 3.8) is 0 Å². The van der Waals surface area contributed by atoms with Crippen LogP contribution in [0.15, 0.2) is 51.8 Å². The van der Waals surface area contributed by atoms with Crippen molar-refractivity contribution in [3.8, 4) is 11.5 Å². The summed E-state index contributed by atoms with van der Waals surface area (Å²) in [4.78, 5) is 12.9. The summed E-state index contributed by atoms with van der Waals surface area (Å²) in [5, 5.41) is 11.2. The Labute approximate surface area is 203 Å². The lowest BCUT2D eigenvalue weighted by Crippen LogP contribution is -2.41. The van der Waals surface area contributed by atoms with Crippen molar-refractivity contribution in [2.75, 3.05) is 18.4 Å². The van der Waals surface area contributed by atoms with Crippen molar-refractivity contribution in [1.29, 1.82) is 0 Å². The Hall–Kier alpha value is -2.75. The van der Waals surface area contributed by atoms with Crippen LogP contribution in [0.1, 0.15) is 36.8 Å². The molecular weight excluding hydrogens is 476 g/mol. The van der Waals surface area contributed by atoms with E-state index in [-0.39, 0.29) is 35.8 Å². The third-order valence-electron chi connectivity index (χ3n) is 6.53. The highest BCUT2D eigenvalue weighted by Crippen LogP contribution is 2.29. The number of aryl methyl sites for hydroxylation is 2. The fourth-order valence-corrected chi connectivity index (χ4v) is 6.17. The van der Waals surface area contributed by atoms with Gasteiger partial charge in [-0.15, -0.1) is 5.10 Å². The highest BCUT2D eigenvalue weighted by Gasteiger charge is 2.32. The predicted molar refractivity (Wildman–Crippen MR) is 128 cm³/mol.